The fourth-order valence-corrected chi connectivity index (χ4v) is 3.29. The highest BCUT2D eigenvalue weighted by Gasteiger charge is 2.42. The lowest BCUT2D eigenvalue weighted by atomic mass is 9.98. The minimum absolute atomic E-state index is 0. The monoisotopic (exact) mass is 315 g/mol. The number of carbonyl (C=O) groups is 1. The highest BCUT2D eigenvalue weighted by atomic mass is 35.5. The maximum Gasteiger partial charge on any atom is 0.389 e. The molecule has 2 heterocycles. The first-order valence-electron chi connectivity index (χ1n) is 6.76. The molecule has 1 saturated heterocycles. The molecule has 0 radical (unpaired) electrons. The van der Waals surface area contributed by atoms with Gasteiger partial charge in [0.15, 0.2) is 0 Å². The van der Waals surface area contributed by atoms with Crippen LogP contribution in [0.3, 0.4) is 0 Å². The normalized spacial score (nSPS) is 27.3. The van der Waals surface area contributed by atoms with Gasteiger partial charge in [-0.2, -0.15) is 4.68 Å². The molecule has 9 heteroatoms. The SMILES string of the molecule is Cl.NC1CCC2CN(C(=O)Cn3ccc([N+](=O)[O-])n3)CC12. The number of likely N-dealkylation sites (tertiary alicyclic amines) is 1. The molecule has 1 saturated carbocycles. The second-order valence-corrected chi connectivity index (χ2v) is 5.59. The van der Waals surface area contributed by atoms with E-state index in [-0.39, 0.29) is 36.7 Å². The topological polar surface area (TPSA) is 107 Å². The van der Waals surface area contributed by atoms with E-state index in [1.54, 1.807) is 0 Å². The summed E-state index contributed by atoms with van der Waals surface area (Å²) >= 11 is 0. The Labute approximate surface area is 127 Å². The zero-order valence-electron chi connectivity index (χ0n) is 11.4. The van der Waals surface area contributed by atoms with E-state index in [4.69, 9.17) is 5.73 Å². The summed E-state index contributed by atoms with van der Waals surface area (Å²) in [7, 11) is 0. The van der Waals surface area contributed by atoms with Gasteiger partial charge in [-0.1, -0.05) is 0 Å². The van der Waals surface area contributed by atoms with Crippen LogP contribution in [0, 0.1) is 22.0 Å². The second kappa shape index (κ2) is 5.98. The Bertz CT molecular complexity index is 549. The second-order valence-electron chi connectivity index (χ2n) is 5.59. The molecule has 8 nitrogen and oxygen atoms in total. The average molecular weight is 316 g/mol. The third-order valence-corrected chi connectivity index (χ3v) is 4.38. The third kappa shape index (κ3) is 3.01. The zero-order valence-corrected chi connectivity index (χ0v) is 12.2. The van der Waals surface area contributed by atoms with Crippen LogP contribution in [0.5, 0.6) is 0 Å². The van der Waals surface area contributed by atoms with Crippen LogP contribution < -0.4 is 5.73 Å². The Morgan fingerprint density at radius 3 is 2.86 bits per heavy atom. The summed E-state index contributed by atoms with van der Waals surface area (Å²) in [5, 5.41) is 14.3. The molecule has 0 bridgehead atoms. The molecule has 3 rings (SSSR count). The maximum atomic E-state index is 12.2. The molecule has 1 aromatic rings. The molecule has 1 aliphatic carbocycles. The molecule has 2 aliphatic rings. The molecule has 3 atom stereocenters. The van der Waals surface area contributed by atoms with Gasteiger partial charge in [-0.15, -0.1) is 12.4 Å². The minimum atomic E-state index is -0.569. The summed E-state index contributed by atoms with van der Waals surface area (Å²) in [4.78, 5) is 24.0. The molecule has 1 aromatic heterocycles. The van der Waals surface area contributed by atoms with E-state index in [0.29, 0.717) is 18.4 Å². The molecule has 1 amide bonds. The number of hydrogen-bond acceptors (Lipinski definition) is 5. The Kier molecular flexibility index (Phi) is 4.48. The van der Waals surface area contributed by atoms with Crippen LogP contribution in [0.25, 0.3) is 0 Å². The maximum absolute atomic E-state index is 12.2. The van der Waals surface area contributed by atoms with Gasteiger partial charge in [-0.3, -0.25) is 4.79 Å². The number of fused-ring (bicyclic) bond motifs is 1. The molecule has 116 valence electrons. The van der Waals surface area contributed by atoms with Crippen LogP contribution in [-0.4, -0.2) is 44.6 Å². The standard InChI is InChI=1S/C12H17N5O3.ClH/c13-10-2-1-8-5-15(6-9(8)10)12(18)7-16-4-3-11(14-16)17(19)20;/h3-4,8-10H,1-2,5-7,13H2;1H. The number of nitrogens with two attached hydrogens (primary N) is 1. The zero-order chi connectivity index (χ0) is 14.3. The van der Waals surface area contributed by atoms with Crippen LogP contribution in [0.1, 0.15) is 12.8 Å². The smallest absolute Gasteiger partial charge is 0.358 e. The summed E-state index contributed by atoms with van der Waals surface area (Å²) in [5.41, 5.74) is 6.04. The predicted octanol–water partition coefficient (Wildman–Crippen LogP) is 0.409. The number of amides is 1. The van der Waals surface area contributed by atoms with E-state index < -0.39 is 4.92 Å². The van der Waals surface area contributed by atoms with Gasteiger partial charge in [0.2, 0.25) is 5.91 Å². The number of nitro groups is 1. The number of carbonyl (C=O) groups excluding carboxylic acids is 1. The molecule has 2 fully saturated rings. The van der Waals surface area contributed by atoms with Gasteiger partial charge >= 0.3 is 5.82 Å². The van der Waals surface area contributed by atoms with Crippen molar-refractivity contribution >= 4 is 24.1 Å². The van der Waals surface area contributed by atoms with E-state index in [2.05, 4.69) is 5.10 Å². The molecule has 2 N–H and O–H groups in total. The predicted molar refractivity (Wildman–Crippen MR) is 76.9 cm³/mol. The lowest BCUT2D eigenvalue weighted by molar-refractivity contribution is -0.389. The number of nitrogens with zero attached hydrogens (tertiary/aromatic N) is 4. The Morgan fingerprint density at radius 2 is 2.24 bits per heavy atom. The fraction of sp³-hybridized carbons (Fsp3) is 0.667. The first kappa shape index (κ1) is 15.7. The molecule has 3 unspecified atom stereocenters. The summed E-state index contributed by atoms with van der Waals surface area (Å²) in [6, 6.07) is 1.49. The van der Waals surface area contributed by atoms with Gasteiger partial charge < -0.3 is 20.7 Å². The Morgan fingerprint density at radius 1 is 1.48 bits per heavy atom. The number of aromatic nitrogens is 2. The molecule has 1 aliphatic heterocycles. The van der Waals surface area contributed by atoms with Crippen molar-refractivity contribution in [3.8, 4) is 0 Å². The van der Waals surface area contributed by atoms with Crippen molar-refractivity contribution in [2.75, 3.05) is 13.1 Å². The molecular weight excluding hydrogens is 298 g/mol. The lowest BCUT2D eigenvalue weighted by Gasteiger charge is -2.18. The van der Waals surface area contributed by atoms with Crippen molar-refractivity contribution in [1.82, 2.24) is 14.7 Å². The van der Waals surface area contributed by atoms with Gasteiger partial charge in [0, 0.05) is 19.1 Å². The summed E-state index contributed by atoms with van der Waals surface area (Å²) < 4.78 is 1.31. The first-order chi connectivity index (χ1) is 9.54. The van der Waals surface area contributed by atoms with Crippen molar-refractivity contribution in [2.45, 2.75) is 25.4 Å². The lowest BCUT2D eigenvalue weighted by Crippen LogP contribution is -2.35. The molecular formula is C12H18ClN5O3. The quantitative estimate of drug-likeness (QED) is 0.642. The van der Waals surface area contributed by atoms with E-state index in [1.165, 1.54) is 16.9 Å². The average Bonchev–Trinajstić information content (AvgIpc) is 3.07. The highest BCUT2D eigenvalue weighted by molar-refractivity contribution is 5.85. The van der Waals surface area contributed by atoms with Crippen LogP contribution in [-0.2, 0) is 11.3 Å². The summed E-state index contributed by atoms with van der Waals surface area (Å²) in [5.74, 6) is 0.634. The van der Waals surface area contributed by atoms with E-state index in [9.17, 15) is 14.9 Å². The number of hydrogen-bond donors (Lipinski definition) is 1. The van der Waals surface area contributed by atoms with Gasteiger partial charge in [-0.25, -0.2) is 0 Å². The Balaban J connectivity index is 0.00000161. The van der Waals surface area contributed by atoms with E-state index in [1.807, 2.05) is 4.90 Å². The molecule has 0 aromatic carbocycles. The summed E-state index contributed by atoms with van der Waals surface area (Å²) in [6.45, 7) is 1.50. The van der Waals surface area contributed by atoms with Gasteiger partial charge in [0.1, 0.15) is 6.54 Å². The van der Waals surface area contributed by atoms with Crippen LogP contribution in [0.4, 0.5) is 5.82 Å². The largest absolute Gasteiger partial charge is 0.389 e. The molecule has 21 heavy (non-hydrogen) atoms. The van der Waals surface area contributed by atoms with Crippen molar-refractivity contribution in [2.24, 2.45) is 17.6 Å². The minimum Gasteiger partial charge on any atom is -0.358 e. The van der Waals surface area contributed by atoms with Crippen LogP contribution >= 0.6 is 12.4 Å². The first-order valence-corrected chi connectivity index (χ1v) is 6.76. The van der Waals surface area contributed by atoms with Crippen LogP contribution in [0.2, 0.25) is 0 Å². The number of rotatable bonds is 3. The van der Waals surface area contributed by atoms with Crippen molar-refractivity contribution < 1.29 is 9.72 Å². The summed E-state index contributed by atoms with van der Waals surface area (Å²) in [6.07, 6.45) is 3.59. The van der Waals surface area contributed by atoms with Crippen molar-refractivity contribution in [3.05, 3.63) is 22.4 Å². The molecule has 0 spiro atoms. The number of halogens is 1. The van der Waals surface area contributed by atoms with E-state index >= 15 is 0 Å². The van der Waals surface area contributed by atoms with Crippen molar-refractivity contribution in [1.29, 1.82) is 0 Å². The third-order valence-electron chi connectivity index (χ3n) is 4.38. The van der Waals surface area contributed by atoms with Crippen molar-refractivity contribution in [3.63, 3.8) is 0 Å². The van der Waals surface area contributed by atoms with E-state index in [0.717, 1.165) is 19.4 Å². The fourth-order valence-electron chi connectivity index (χ4n) is 3.29. The van der Waals surface area contributed by atoms with Gasteiger partial charge in [0.25, 0.3) is 0 Å². The van der Waals surface area contributed by atoms with Gasteiger partial charge in [0.05, 0.1) is 17.4 Å². The highest BCUT2D eigenvalue weighted by Crippen LogP contribution is 2.37. The Hall–Kier alpha value is -1.67. The van der Waals surface area contributed by atoms with Crippen LogP contribution in [0.15, 0.2) is 12.3 Å². The van der Waals surface area contributed by atoms with Gasteiger partial charge in [-0.05, 0) is 29.6 Å².